The summed E-state index contributed by atoms with van der Waals surface area (Å²) < 4.78 is 32.3. The van der Waals surface area contributed by atoms with Crippen LogP contribution in [0, 0.1) is 5.41 Å². The van der Waals surface area contributed by atoms with Gasteiger partial charge in [-0.25, -0.2) is 0 Å². The van der Waals surface area contributed by atoms with Gasteiger partial charge >= 0.3 is 10.1 Å². The first kappa shape index (κ1) is 25.2. The van der Waals surface area contributed by atoms with Crippen LogP contribution in [0.15, 0.2) is 0 Å². The molecule has 0 saturated heterocycles. The molecule has 0 heterocycles. The molecule has 0 aromatic carbocycles. The molecule has 0 aromatic rings. The minimum Gasteiger partial charge on any atom is -0.303 e. The number of rotatable bonds is 17. The van der Waals surface area contributed by atoms with Crippen LogP contribution in [-0.4, -0.2) is 24.4 Å². The van der Waals surface area contributed by atoms with E-state index in [9.17, 15) is 22.6 Å². The molecule has 0 atom stereocenters. The molecule has 0 rings (SSSR count). The van der Waals surface area contributed by atoms with E-state index in [-0.39, 0.29) is 6.42 Å². The molecule has 0 radical (unpaired) electrons. The Labute approximate surface area is 160 Å². The molecule has 0 fully saturated rings. The van der Waals surface area contributed by atoms with Crippen molar-refractivity contribution >= 4 is 21.5 Å². The molecule has 0 spiro atoms. The lowest BCUT2D eigenvalue weighted by Crippen LogP contribution is -2.37. The maximum Gasteiger partial charge on any atom is 0.329 e. The highest BCUT2D eigenvalue weighted by molar-refractivity contribution is 8.01. The highest BCUT2D eigenvalue weighted by atomic mass is 32.2. The lowest BCUT2D eigenvalue weighted by molar-refractivity contribution is -0.125. The summed E-state index contributed by atoms with van der Waals surface area (Å²) in [5, 5.41) is -1.17. The van der Waals surface area contributed by atoms with Crippen molar-refractivity contribution in [1.82, 2.24) is 0 Å². The summed E-state index contributed by atoms with van der Waals surface area (Å²) in [6.07, 6.45) is 13.4. The van der Waals surface area contributed by atoms with E-state index in [0.717, 1.165) is 51.4 Å². The molecule has 0 unspecified atom stereocenters. The molecule has 0 saturated carbocycles. The standard InChI is InChI=1S/C20H38O5S/c1-3-5-7-9-11-13-15-20(17-18-21,19(22)26(23,24)25)16-14-12-10-8-6-4-2/h18H,3-17H2,1-2H3,(H,23,24,25). The molecule has 0 aliphatic heterocycles. The fraction of sp³-hybridized carbons (Fsp3) is 0.900. The van der Waals surface area contributed by atoms with Gasteiger partial charge in [-0.3, -0.25) is 9.35 Å². The van der Waals surface area contributed by atoms with E-state index in [2.05, 4.69) is 13.8 Å². The van der Waals surface area contributed by atoms with Gasteiger partial charge in [0, 0.05) is 6.42 Å². The van der Waals surface area contributed by atoms with Crippen LogP contribution >= 0.6 is 0 Å². The van der Waals surface area contributed by atoms with Crippen molar-refractivity contribution in [2.24, 2.45) is 5.41 Å². The Morgan fingerprint density at radius 2 is 1.19 bits per heavy atom. The van der Waals surface area contributed by atoms with Gasteiger partial charge in [0.1, 0.15) is 6.29 Å². The smallest absolute Gasteiger partial charge is 0.303 e. The average Bonchev–Trinajstić information content (AvgIpc) is 2.59. The minimum absolute atomic E-state index is 0.129. The predicted molar refractivity (Wildman–Crippen MR) is 106 cm³/mol. The van der Waals surface area contributed by atoms with E-state index in [4.69, 9.17) is 0 Å². The molecule has 26 heavy (non-hydrogen) atoms. The number of hydrogen-bond acceptors (Lipinski definition) is 4. The maximum atomic E-state index is 12.4. The molecular weight excluding hydrogens is 352 g/mol. The first-order valence-electron chi connectivity index (χ1n) is 10.3. The van der Waals surface area contributed by atoms with Crippen molar-refractivity contribution in [3.05, 3.63) is 0 Å². The van der Waals surface area contributed by atoms with Crippen molar-refractivity contribution in [3.8, 4) is 0 Å². The second kappa shape index (κ2) is 14.3. The summed E-state index contributed by atoms with van der Waals surface area (Å²) in [5.41, 5.74) is -1.26. The number of aldehydes is 1. The van der Waals surface area contributed by atoms with Gasteiger partial charge in [0.05, 0.1) is 5.41 Å². The Balaban J connectivity index is 4.84. The van der Waals surface area contributed by atoms with Crippen LogP contribution in [0.2, 0.25) is 0 Å². The van der Waals surface area contributed by atoms with E-state index in [0.29, 0.717) is 32.0 Å². The van der Waals surface area contributed by atoms with Gasteiger partial charge in [-0.15, -0.1) is 0 Å². The summed E-state index contributed by atoms with van der Waals surface area (Å²) in [6.45, 7) is 4.28. The van der Waals surface area contributed by atoms with Gasteiger partial charge in [-0.1, -0.05) is 90.9 Å². The third kappa shape index (κ3) is 10.4. The van der Waals surface area contributed by atoms with Gasteiger partial charge in [-0.2, -0.15) is 8.42 Å². The summed E-state index contributed by atoms with van der Waals surface area (Å²) in [7, 11) is -4.78. The van der Waals surface area contributed by atoms with Crippen LogP contribution in [0.1, 0.15) is 110 Å². The van der Waals surface area contributed by atoms with Crippen molar-refractivity contribution < 1.29 is 22.6 Å². The topological polar surface area (TPSA) is 88.5 Å². The Morgan fingerprint density at radius 3 is 1.54 bits per heavy atom. The van der Waals surface area contributed by atoms with Crippen LogP contribution in [-0.2, 0) is 19.7 Å². The van der Waals surface area contributed by atoms with Crippen LogP contribution < -0.4 is 0 Å². The summed E-state index contributed by atoms with van der Waals surface area (Å²) in [5.74, 6) is 0. The van der Waals surface area contributed by atoms with Crippen molar-refractivity contribution in [2.45, 2.75) is 110 Å². The lowest BCUT2D eigenvalue weighted by atomic mass is 9.76. The van der Waals surface area contributed by atoms with E-state index < -0.39 is 20.6 Å². The Hall–Kier alpha value is -0.750. The fourth-order valence-corrected chi connectivity index (χ4v) is 4.37. The normalized spacial score (nSPS) is 12.3. The van der Waals surface area contributed by atoms with Gasteiger partial charge in [0.25, 0.3) is 5.12 Å². The van der Waals surface area contributed by atoms with Gasteiger partial charge in [0.2, 0.25) is 0 Å². The summed E-state index contributed by atoms with van der Waals surface area (Å²) in [4.78, 5) is 23.6. The quantitative estimate of drug-likeness (QED) is 0.202. The zero-order chi connectivity index (χ0) is 19.9. The maximum absolute atomic E-state index is 12.4. The molecular formula is C20H38O5S. The fourth-order valence-electron chi connectivity index (χ4n) is 3.54. The van der Waals surface area contributed by atoms with Crippen molar-refractivity contribution in [3.63, 3.8) is 0 Å². The third-order valence-corrected chi connectivity index (χ3v) is 6.06. The predicted octanol–water partition coefficient (Wildman–Crippen LogP) is 5.48. The second-order valence-electron chi connectivity index (χ2n) is 7.45. The first-order valence-corrected chi connectivity index (χ1v) is 11.7. The van der Waals surface area contributed by atoms with E-state index in [1.807, 2.05) is 0 Å². The number of carbonyl (C=O) groups excluding carboxylic acids is 2. The molecule has 0 aliphatic carbocycles. The Morgan fingerprint density at radius 1 is 0.808 bits per heavy atom. The zero-order valence-corrected chi connectivity index (χ0v) is 17.5. The van der Waals surface area contributed by atoms with Crippen molar-refractivity contribution in [2.75, 3.05) is 0 Å². The van der Waals surface area contributed by atoms with Gasteiger partial charge in [0.15, 0.2) is 0 Å². The molecule has 0 aliphatic rings. The molecule has 154 valence electrons. The molecule has 0 bridgehead atoms. The van der Waals surface area contributed by atoms with Gasteiger partial charge in [-0.05, 0) is 12.8 Å². The van der Waals surface area contributed by atoms with Crippen LogP contribution in [0.5, 0.6) is 0 Å². The molecule has 1 N–H and O–H groups in total. The zero-order valence-electron chi connectivity index (χ0n) is 16.7. The van der Waals surface area contributed by atoms with E-state index >= 15 is 0 Å². The van der Waals surface area contributed by atoms with Crippen LogP contribution in [0.3, 0.4) is 0 Å². The summed E-state index contributed by atoms with van der Waals surface area (Å²) in [6, 6.07) is 0. The Bertz CT molecular complexity index is 468. The average molecular weight is 391 g/mol. The number of unbranched alkanes of at least 4 members (excludes halogenated alkanes) is 10. The van der Waals surface area contributed by atoms with Crippen LogP contribution in [0.25, 0.3) is 0 Å². The molecule has 0 aromatic heterocycles. The van der Waals surface area contributed by atoms with E-state index in [1.165, 1.54) is 12.8 Å². The highest BCUT2D eigenvalue weighted by Gasteiger charge is 2.43. The first-order chi connectivity index (χ1) is 12.3. The Kier molecular flexibility index (Phi) is 13.9. The second-order valence-corrected chi connectivity index (χ2v) is 8.77. The largest absolute Gasteiger partial charge is 0.329 e. The number of hydrogen-bond donors (Lipinski definition) is 1. The minimum atomic E-state index is -4.78. The lowest BCUT2D eigenvalue weighted by Gasteiger charge is -2.29. The van der Waals surface area contributed by atoms with E-state index in [1.54, 1.807) is 0 Å². The summed E-state index contributed by atoms with van der Waals surface area (Å²) >= 11 is 0. The monoisotopic (exact) mass is 390 g/mol. The van der Waals surface area contributed by atoms with Crippen molar-refractivity contribution in [1.29, 1.82) is 0 Å². The molecule has 5 nitrogen and oxygen atoms in total. The van der Waals surface area contributed by atoms with Crippen LogP contribution in [0.4, 0.5) is 0 Å². The number of carbonyl (C=O) groups is 2. The highest BCUT2D eigenvalue weighted by Crippen LogP contribution is 2.37. The molecule has 6 heteroatoms. The van der Waals surface area contributed by atoms with Gasteiger partial charge < -0.3 is 4.79 Å². The molecule has 0 amide bonds. The third-order valence-electron chi connectivity index (χ3n) is 5.16. The SMILES string of the molecule is CCCCCCCCC(CC=O)(CCCCCCCC)C(=O)S(=O)(=O)O.